The molecular formula is C13H18N4O2S. The third kappa shape index (κ3) is 3.00. The van der Waals surface area contributed by atoms with E-state index >= 15 is 0 Å². The summed E-state index contributed by atoms with van der Waals surface area (Å²) in [5.74, 6) is 0.864. The SMILES string of the molecule is Cc1ccc(NC(C)c2nccn2C)cc1S(N)(=O)=O. The van der Waals surface area contributed by atoms with Crippen molar-refractivity contribution >= 4 is 15.7 Å². The number of nitrogens with one attached hydrogen (secondary N) is 1. The molecule has 0 amide bonds. The molecule has 1 atom stereocenters. The summed E-state index contributed by atoms with van der Waals surface area (Å²) in [7, 11) is -1.81. The second-order valence-corrected chi connectivity index (χ2v) is 6.32. The summed E-state index contributed by atoms with van der Waals surface area (Å²) < 4.78 is 24.9. The van der Waals surface area contributed by atoms with Gasteiger partial charge in [0, 0.05) is 25.1 Å². The fourth-order valence-electron chi connectivity index (χ4n) is 2.11. The van der Waals surface area contributed by atoms with Crippen molar-refractivity contribution in [3.63, 3.8) is 0 Å². The van der Waals surface area contributed by atoms with Crippen LogP contribution >= 0.6 is 0 Å². The summed E-state index contributed by atoms with van der Waals surface area (Å²) in [6.07, 6.45) is 3.58. The molecule has 3 N–H and O–H groups in total. The van der Waals surface area contributed by atoms with Crippen LogP contribution in [0.1, 0.15) is 24.4 Å². The van der Waals surface area contributed by atoms with Crippen molar-refractivity contribution in [1.82, 2.24) is 9.55 Å². The molecule has 0 saturated heterocycles. The first-order valence-electron chi connectivity index (χ1n) is 6.16. The van der Waals surface area contributed by atoms with E-state index < -0.39 is 10.0 Å². The Morgan fingerprint density at radius 1 is 1.40 bits per heavy atom. The lowest BCUT2D eigenvalue weighted by atomic mass is 10.2. The first-order chi connectivity index (χ1) is 9.29. The van der Waals surface area contributed by atoms with Crippen LogP contribution in [0.5, 0.6) is 0 Å². The fourth-order valence-corrected chi connectivity index (χ4v) is 2.91. The van der Waals surface area contributed by atoms with Gasteiger partial charge in [0.05, 0.1) is 10.9 Å². The minimum atomic E-state index is -3.71. The Labute approximate surface area is 118 Å². The largest absolute Gasteiger partial charge is 0.375 e. The normalized spacial score (nSPS) is 13.2. The average molecular weight is 294 g/mol. The molecule has 6 nitrogen and oxygen atoms in total. The number of primary sulfonamides is 1. The zero-order valence-electron chi connectivity index (χ0n) is 11.7. The third-order valence-corrected chi connectivity index (χ3v) is 4.18. The number of aromatic nitrogens is 2. The zero-order valence-corrected chi connectivity index (χ0v) is 12.5. The molecule has 0 radical (unpaired) electrons. The topological polar surface area (TPSA) is 90.0 Å². The van der Waals surface area contributed by atoms with Gasteiger partial charge in [-0.15, -0.1) is 0 Å². The summed E-state index contributed by atoms with van der Waals surface area (Å²) in [6.45, 7) is 3.67. The van der Waals surface area contributed by atoms with Gasteiger partial charge in [0.1, 0.15) is 5.82 Å². The maximum absolute atomic E-state index is 11.5. The van der Waals surface area contributed by atoms with Crippen LogP contribution in [0.2, 0.25) is 0 Å². The molecule has 1 unspecified atom stereocenters. The van der Waals surface area contributed by atoms with Gasteiger partial charge in [-0.25, -0.2) is 18.5 Å². The number of sulfonamides is 1. The van der Waals surface area contributed by atoms with Gasteiger partial charge in [-0.2, -0.15) is 0 Å². The van der Waals surface area contributed by atoms with Gasteiger partial charge >= 0.3 is 0 Å². The Morgan fingerprint density at radius 2 is 2.10 bits per heavy atom. The molecule has 0 bridgehead atoms. The predicted molar refractivity (Wildman–Crippen MR) is 77.8 cm³/mol. The number of nitrogens with zero attached hydrogens (tertiary/aromatic N) is 2. The van der Waals surface area contributed by atoms with Crippen LogP contribution in [0, 0.1) is 6.92 Å². The van der Waals surface area contributed by atoms with Crippen molar-refractivity contribution in [3.8, 4) is 0 Å². The molecule has 0 aliphatic rings. The molecule has 0 aliphatic heterocycles. The number of anilines is 1. The number of benzene rings is 1. The van der Waals surface area contributed by atoms with Crippen molar-refractivity contribution in [3.05, 3.63) is 42.0 Å². The second kappa shape index (κ2) is 5.26. The lowest BCUT2D eigenvalue weighted by molar-refractivity contribution is 0.597. The highest BCUT2D eigenvalue weighted by Gasteiger charge is 2.14. The number of hydrogen-bond donors (Lipinski definition) is 2. The van der Waals surface area contributed by atoms with Crippen molar-refractivity contribution in [2.24, 2.45) is 12.2 Å². The average Bonchev–Trinajstić information content (AvgIpc) is 2.76. The third-order valence-electron chi connectivity index (χ3n) is 3.12. The van der Waals surface area contributed by atoms with Gasteiger partial charge in [-0.3, -0.25) is 0 Å². The van der Waals surface area contributed by atoms with Gasteiger partial charge in [0.2, 0.25) is 10.0 Å². The van der Waals surface area contributed by atoms with E-state index in [0.29, 0.717) is 11.3 Å². The van der Waals surface area contributed by atoms with E-state index in [1.165, 1.54) is 0 Å². The van der Waals surface area contributed by atoms with Crippen LogP contribution < -0.4 is 10.5 Å². The van der Waals surface area contributed by atoms with E-state index in [0.717, 1.165) is 5.82 Å². The highest BCUT2D eigenvalue weighted by molar-refractivity contribution is 7.89. The van der Waals surface area contributed by atoms with Crippen LogP contribution in [0.3, 0.4) is 0 Å². The molecule has 1 aromatic heterocycles. The number of nitrogens with two attached hydrogens (primary N) is 1. The Morgan fingerprint density at radius 3 is 2.65 bits per heavy atom. The fraction of sp³-hybridized carbons (Fsp3) is 0.308. The highest BCUT2D eigenvalue weighted by atomic mass is 32.2. The number of imidazole rings is 1. The smallest absolute Gasteiger partial charge is 0.238 e. The molecule has 108 valence electrons. The van der Waals surface area contributed by atoms with Crippen LogP contribution in [0.25, 0.3) is 0 Å². The quantitative estimate of drug-likeness (QED) is 0.895. The monoisotopic (exact) mass is 294 g/mol. The summed E-state index contributed by atoms with van der Waals surface area (Å²) in [6, 6.07) is 5.05. The molecule has 2 rings (SSSR count). The molecule has 0 fully saturated rings. The minimum Gasteiger partial charge on any atom is -0.375 e. The van der Waals surface area contributed by atoms with Crippen LogP contribution in [-0.4, -0.2) is 18.0 Å². The first kappa shape index (κ1) is 14.5. The first-order valence-corrected chi connectivity index (χ1v) is 7.71. The molecule has 1 aromatic carbocycles. The minimum absolute atomic E-state index is 0.0500. The van der Waals surface area contributed by atoms with E-state index in [1.54, 1.807) is 25.3 Å². The van der Waals surface area contributed by atoms with Crippen molar-refractivity contribution < 1.29 is 8.42 Å². The van der Waals surface area contributed by atoms with Gasteiger partial charge in [-0.05, 0) is 31.5 Å². The van der Waals surface area contributed by atoms with Crippen LogP contribution in [-0.2, 0) is 17.1 Å². The maximum Gasteiger partial charge on any atom is 0.238 e. The zero-order chi connectivity index (χ0) is 14.9. The second-order valence-electron chi connectivity index (χ2n) is 4.79. The Kier molecular flexibility index (Phi) is 3.82. The molecule has 0 spiro atoms. The molecule has 7 heteroatoms. The van der Waals surface area contributed by atoms with Crippen LogP contribution in [0.15, 0.2) is 35.5 Å². The number of rotatable bonds is 4. The van der Waals surface area contributed by atoms with Gasteiger partial charge < -0.3 is 9.88 Å². The summed E-state index contributed by atoms with van der Waals surface area (Å²) >= 11 is 0. The standard InChI is InChI=1S/C13H18N4O2S/c1-9-4-5-11(8-12(9)20(14,18)19)16-10(2)13-15-6-7-17(13)3/h4-8,10,16H,1-3H3,(H2,14,18,19). The highest BCUT2D eigenvalue weighted by Crippen LogP contribution is 2.22. The number of hydrogen-bond acceptors (Lipinski definition) is 4. The van der Waals surface area contributed by atoms with E-state index in [9.17, 15) is 8.42 Å². The lowest BCUT2D eigenvalue weighted by Crippen LogP contribution is -2.15. The van der Waals surface area contributed by atoms with Crippen molar-refractivity contribution in [1.29, 1.82) is 0 Å². The van der Waals surface area contributed by atoms with Crippen LogP contribution in [0.4, 0.5) is 5.69 Å². The van der Waals surface area contributed by atoms with E-state index in [4.69, 9.17) is 5.14 Å². The molecular weight excluding hydrogens is 276 g/mol. The van der Waals surface area contributed by atoms with E-state index in [2.05, 4.69) is 10.3 Å². The van der Waals surface area contributed by atoms with Gasteiger partial charge in [-0.1, -0.05) is 6.07 Å². The molecule has 1 heterocycles. The molecule has 2 aromatic rings. The van der Waals surface area contributed by atoms with Crippen molar-refractivity contribution in [2.45, 2.75) is 24.8 Å². The van der Waals surface area contributed by atoms with Gasteiger partial charge in [0.25, 0.3) is 0 Å². The lowest BCUT2D eigenvalue weighted by Gasteiger charge is -2.16. The Hall–Kier alpha value is -1.86. The Balaban J connectivity index is 2.29. The van der Waals surface area contributed by atoms with Crippen molar-refractivity contribution in [2.75, 3.05) is 5.32 Å². The molecule has 20 heavy (non-hydrogen) atoms. The summed E-state index contributed by atoms with van der Waals surface area (Å²) in [4.78, 5) is 4.39. The summed E-state index contributed by atoms with van der Waals surface area (Å²) in [5.41, 5.74) is 1.32. The summed E-state index contributed by atoms with van der Waals surface area (Å²) in [5, 5.41) is 8.43. The molecule has 0 saturated carbocycles. The maximum atomic E-state index is 11.5. The van der Waals surface area contributed by atoms with E-state index in [-0.39, 0.29) is 10.9 Å². The predicted octanol–water partition coefficient (Wildman–Crippen LogP) is 1.55. The Bertz CT molecular complexity index is 722. The van der Waals surface area contributed by atoms with Gasteiger partial charge in [0.15, 0.2) is 0 Å². The molecule has 0 aliphatic carbocycles. The van der Waals surface area contributed by atoms with E-state index in [1.807, 2.05) is 30.8 Å². The number of aryl methyl sites for hydroxylation is 2.